The standard InChI is InChI=1S/C32H23F2N5O5/c33-30(34)27-16-26(18-6-2-1-3-7-18)37-31-25(17-35-38(27)31)32(40)36-19-12-20(39(41)42)14-22(13-19)43-21-10-11-29-24(15-21)23-8-4-5-9-28(23)44-29/h1-3,6-7,10-17,30H,4-5,8-9H2,(H,36,40). The van der Waals surface area contributed by atoms with Crippen molar-refractivity contribution in [3.8, 4) is 22.8 Å². The Morgan fingerprint density at radius 2 is 1.84 bits per heavy atom. The third-order valence-corrected chi connectivity index (χ3v) is 7.56. The van der Waals surface area contributed by atoms with E-state index in [2.05, 4.69) is 15.4 Å². The molecule has 0 atom stereocenters. The number of aromatic nitrogens is 3. The number of anilines is 1. The number of benzene rings is 3. The van der Waals surface area contributed by atoms with Gasteiger partial charge in [0.15, 0.2) is 5.65 Å². The molecule has 10 nitrogen and oxygen atoms in total. The molecule has 0 saturated carbocycles. The largest absolute Gasteiger partial charge is 0.461 e. The van der Waals surface area contributed by atoms with Gasteiger partial charge in [0.2, 0.25) is 0 Å². The maximum Gasteiger partial charge on any atom is 0.280 e. The van der Waals surface area contributed by atoms with Gasteiger partial charge in [-0.05, 0) is 43.5 Å². The average molecular weight is 596 g/mol. The maximum atomic E-state index is 14.0. The summed E-state index contributed by atoms with van der Waals surface area (Å²) >= 11 is 0. The van der Waals surface area contributed by atoms with Crippen molar-refractivity contribution in [3.05, 3.63) is 112 Å². The van der Waals surface area contributed by atoms with Crippen LogP contribution in [0.15, 0.2) is 83.4 Å². The fourth-order valence-corrected chi connectivity index (χ4v) is 5.52. The predicted molar refractivity (Wildman–Crippen MR) is 157 cm³/mol. The number of amides is 1. The van der Waals surface area contributed by atoms with Gasteiger partial charge >= 0.3 is 0 Å². The molecule has 1 aliphatic carbocycles. The minimum Gasteiger partial charge on any atom is -0.461 e. The zero-order valence-corrected chi connectivity index (χ0v) is 23.0. The molecule has 1 N–H and O–H groups in total. The quantitative estimate of drug-likeness (QED) is 0.147. The van der Waals surface area contributed by atoms with Gasteiger partial charge in [-0.25, -0.2) is 18.3 Å². The summed E-state index contributed by atoms with van der Waals surface area (Å²) in [6, 6.07) is 19.2. The molecule has 3 heterocycles. The van der Waals surface area contributed by atoms with Gasteiger partial charge in [0.05, 0.1) is 28.6 Å². The van der Waals surface area contributed by atoms with Crippen LogP contribution in [-0.2, 0) is 12.8 Å². The van der Waals surface area contributed by atoms with Crippen LogP contribution in [-0.4, -0.2) is 25.4 Å². The number of alkyl halides is 2. The molecular formula is C32H23F2N5O5. The molecule has 0 unspecified atom stereocenters. The van der Waals surface area contributed by atoms with Gasteiger partial charge in [0, 0.05) is 35.1 Å². The summed E-state index contributed by atoms with van der Waals surface area (Å²) in [6.07, 6.45) is 2.18. The number of hydrogen-bond acceptors (Lipinski definition) is 7. The summed E-state index contributed by atoms with van der Waals surface area (Å²) < 4.78 is 40.9. The Kier molecular flexibility index (Phi) is 6.73. The number of nitrogens with one attached hydrogen (secondary N) is 1. The maximum absolute atomic E-state index is 14.0. The van der Waals surface area contributed by atoms with E-state index in [0.29, 0.717) is 11.3 Å². The molecule has 0 aliphatic heterocycles. The average Bonchev–Trinajstić information content (AvgIpc) is 3.62. The highest BCUT2D eigenvalue weighted by Crippen LogP contribution is 2.36. The smallest absolute Gasteiger partial charge is 0.280 e. The number of nitrogens with zero attached hydrogens (tertiary/aromatic N) is 4. The summed E-state index contributed by atoms with van der Waals surface area (Å²) in [4.78, 5) is 29.0. The number of aryl methyl sites for hydroxylation is 2. The summed E-state index contributed by atoms with van der Waals surface area (Å²) in [6.45, 7) is 0. The lowest BCUT2D eigenvalue weighted by atomic mass is 9.96. The Hall–Kier alpha value is -5.65. The van der Waals surface area contributed by atoms with Crippen molar-refractivity contribution >= 4 is 33.9 Å². The van der Waals surface area contributed by atoms with Crippen LogP contribution in [0.25, 0.3) is 27.9 Å². The normalized spacial score (nSPS) is 12.9. The minimum atomic E-state index is -2.89. The van der Waals surface area contributed by atoms with Crippen molar-refractivity contribution in [2.75, 3.05) is 5.32 Å². The molecule has 0 radical (unpaired) electrons. The fraction of sp³-hybridized carbons (Fsp3) is 0.156. The van der Waals surface area contributed by atoms with Crippen LogP contribution >= 0.6 is 0 Å². The zero-order chi connectivity index (χ0) is 30.4. The molecule has 0 spiro atoms. The zero-order valence-electron chi connectivity index (χ0n) is 23.0. The molecule has 0 saturated heterocycles. The number of ether oxygens (including phenoxy) is 1. The Morgan fingerprint density at radius 3 is 2.64 bits per heavy atom. The van der Waals surface area contributed by atoms with Crippen molar-refractivity contribution in [1.82, 2.24) is 14.6 Å². The van der Waals surface area contributed by atoms with Crippen LogP contribution in [0.1, 0.15) is 46.6 Å². The van der Waals surface area contributed by atoms with Gasteiger partial charge in [0.25, 0.3) is 18.0 Å². The van der Waals surface area contributed by atoms with Gasteiger partial charge in [-0.1, -0.05) is 30.3 Å². The van der Waals surface area contributed by atoms with E-state index in [4.69, 9.17) is 9.15 Å². The fourth-order valence-electron chi connectivity index (χ4n) is 5.52. The van der Waals surface area contributed by atoms with E-state index in [1.54, 1.807) is 42.5 Å². The molecule has 12 heteroatoms. The minimum absolute atomic E-state index is 0.0635. The monoisotopic (exact) mass is 595 g/mol. The van der Waals surface area contributed by atoms with Crippen LogP contribution in [0, 0.1) is 10.1 Å². The number of nitro groups is 1. The van der Waals surface area contributed by atoms with E-state index in [0.717, 1.165) is 58.7 Å². The number of carbonyl (C=O) groups excluding carboxylic acids is 1. The number of carbonyl (C=O) groups is 1. The molecule has 1 amide bonds. The van der Waals surface area contributed by atoms with Crippen molar-refractivity contribution in [1.29, 1.82) is 0 Å². The molecule has 7 rings (SSSR count). The van der Waals surface area contributed by atoms with E-state index in [9.17, 15) is 23.7 Å². The molecule has 1 aliphatic rings. The number of non-ortho nitro benzene ring substituents is 1. The van der Waals surface area contributed by atoms with E-state index >= 15 is 0 Å². The van der Waals surface area contributed by atoms with E-state index < -0.39 is 22.9 Å². The third-order valence-electron chi connectivity index (χ3n) is 7.56. The highest BCUT2D eigenvalue weighted by Gasteiger charge is 2.23. The van der Waals surface area contributed by atoms with Gasteiger partial charge in [-0.2, -0.15) is 5.10 Å². The van der Waals surface area contributed by atoms with E-state index in [-0.39, 0.29) is 34.0 Å². The molecule has 3 aromatic carbocycles. The van der Waals surface area contributed by atoms with Crippen molar-refractivity contribution < 1.29 is 27.7 Å². The predicted octanol–water partition coefficient (Wildman–Crippen LogP) is 7.91. The highest BCUT2D eigenvalue weighted by atomic mass is 19.3. The van der Waals surface area contributed by atoms with Crippen LogP contribution < -0.4 is 10.1 Å². The first kappa shape index (κ1) is 27.2. The number of hydrogen-bond donors (Lipinski definition) is 1. The highest BCUT2D eigenvalue weighted by molar-refractivity contribution is 6.08. The lowest BCUT2D eigenvalue weighted by molar-refractivity contribution is -0.384. The SMILES string of the molecule is O=C(Nc1cc(Oc2ccc3oc4c(c3c2)CCCC4)cc([N+](=O)[O-])c1)c1cnn2c(C(F)F)cc(-c3ccccc3)nc12. The molecular weight excluding hydrogens is 572 g/mol. The molecule has 0 bridgehead atoms. The second-order valence-electron chi connectivity index (χ2n) is 10.4. The number of rotatable bonds is 7. The first-order valence-corrected chi connectivity index (χ1v) is 13.9. The number of nitro benzene ring substituents is 1. The van der Waals surface area contributed by atoms with Crippen LogP contribution in [0.2, 0.25) is 0 Å². The Morgan fingerprint density at radius 1 is 1.02 bits per heavy atom. The topological polar surface area (TPSA) is 125 Å². The molecule has 44 heavy (non-hydrogen) atoms. The molecule has 6 aromatic rings. The van der Waals surface area contributed by atoms with Crippen molar-refractivity contribution in [3.63, 3.8) is 0 Å². The first-order chi connectivity index (χ1) is 21.3. The Bertz CT molecular complexity index is 2070. The Labute approximate surface area is 248 Å². The summed E-state index contributed by atoms with van der Waals surface area (Å²) in [5.74, 6) is 0.804. The van der Waals surface area contributed by atoms with Gasteiger partial charge < -0.3 is 14.5 Å². The van der Waals surface area contributed by atoms with E-state index in [1.165, 1.54) is 24.3 Å². The third kappa shape index (κ3) is 5.00. The van der Waals surface area contributed by atoms with Crippen molar-refractivity contribution in [2.45, 2.75) is 32.1 Å². The van der Waals surface area contributed by atoms with Gasteiger partial charge in [0.1, 0.15) is 34.1 Å². The number of halogens is 2. The first-order valence-electron chi connectivity index (χ1n) is 13.9. The summed E-state index contributed by atoms with van der Waals surface area (Å²) in [5.41, 5.74) is 1.86. The number of fused-ring (bicyclic) bond motifs is 4. The summed E-state index contributed by atoms with van der Waals surface area (Å²) in [7, 11) is 0. The number of furan rings is 1. The van der Waals surface area contributed by atoms with E-state index in [1.807, 2.05) is 6.07 Å². The lowest BCUT2D eigenvalue weighted by Crippen LogP contribution is -2.13. The summed E-state index contributed by atoms with van der Waals surface area (Å²) in [5, 5.41) is 19.3. The Balaban J connectivity index is 1.22. The van der Waals surface area contributed by atoms with Crippen molar-refractivity contribution in [2.24, 2.45) is 0 Å². The molecule has 220 valence electrons. The molecule has 3 aromatic heterocycles. The molecule has 0 fully saturated rings. The lowest BCUT2D eigenvalue weighted by Gasteiger charge is -2.11. The van der Waals surface area contributed by atoms with Crippen LogP contribution in [0.5, 0.6) is 11.5 Å². The van der Waals surface area contributed by atoms with Gasteiger partial charge in [-0.15, -0.1) is 0 Å². The van der Waals surface area contributed by atoms with Crippen LogP contribution in [0.4, 0.5) is 20.2 Å². The van der Waals surface area contributed by atoms with Crippen LogP contribution in [0.3, 0.4) is 0 Å². The van der Waals surface area contributed by atoms with Gasteiger partial charge in [-0.3, -0.25) is 14.9 Å². The second kappa shape index (κ2) is 10.9. The second-order valence-corrected chi connectivity index (χ2v) is 10.4.